The number of fused-ring (bicyclic) bond motifs is 3. The molecule has 1 fully saturated rings. The Morgan fingerprint density at radius 1 is 0.750 bits per heavy atom. The third-order valence-electron chi connectivity index (χ3n) is 6.68. The molecule has 3 atom stereocenters. The Hall–Kier alpha value is -2.58. The van der Waals surface area contributed by atoms with Crippen molar-refractivity contribution in [3.05, 3.63) is 89.5 Å². The number of aromatic hydroxyl groups is 1. The van der Waals surface area contributed by atoms with E-state index in [-0.39, 0.29) is 0 Å². The summed E-state index contributed by atoms with van der Waals surface area (Å²) in [7, 11) is 0. The fourth-order valence-corrected chi connectivity index (χ4v) is 5.21. The van der Waals surface area contributed by atoms with Gasteiger partial charge in [-0.1, -0.05) is 60.7 Å². The van der Waals surface area contributed by atoms with Gasteiger partial charge in [-0.15, -0.1) is 0 Å². The lowest BCUT2D eigenvalue weighted by atomic mass is 9.93. The predicted octanol–water partition coefficient (Wildman–Crippen LogP) is 5.34. The molecule has 0 amide bonds. The predicted molar refractivity (Wildman–Crippen MR) is 114 cm³/mol. The lowest BCUT2D eigenvalue weighted by molar-refractivity contribution is 0.340. The summed E-state index contributed by atoms with van der Waals surface area (Å²) in [6.07, 6.45) is 4.83. The van der Waals surface area contributed by atoms with Gasteiger partial charge in [0.1, 0.15) is 5.75 Å². The second kappa shape index (κ2) is 7.44. The van der Waals surface area contributed by atoms with Crippen LogP contribution in [0.5, 0.6) is 5.75 Å². The highest BCUT2D eigenvalue weighted by Gasteiger charge is 2.38. The smallest absolute Gasteiger partial charge is 0.115 e. The fraction of sp³-hybridized carbons (Fsp3) is 0.308. The zero-order valence-corrected chi connectivity index (χ0v) is 16.1. The van der Waals surface area contributed by atoms with E-state index in [9.17, 15) is 5.11 Å². The maximum Gasteiger partial charge on any atom is 0.115 e. The molecule has 0 aromatic heterocycles. The van der Waals surface area contributed by atoms with Crippen LogP contribution < -0.4 is 5.32 Å². The molecule has 0 aliphatic heterocycles. The summed E-state index contributed by atoms with van der Waals surface area (Å²) in [6.45, 7) is 0.925. The summed E-state index contributed by atoms with van der Waals surface area (Å²) < 4.78 is 0. The van der Waals surface area contributed by atoms with E-state index in [2.05, 4.69) is 66.0 Å². The normalized spacial score (nSPS) is 23.2. The molecule has 3 unspecified atom stereocenters. The second-order valence-electron chi connectivity index (χ2n) is 8.43. The van der Waals surface area contributed by atoms with Crippen molar-refractivity contribution in [2.24, 2.45) is 11.8 Å². The van der Waals surface area contributed by atoms with Crippen LogP contribution in [0.4, 0.5) is 0 Å². The number of rotatable bonds is 4. The molecule has 0 radical (unpaired) electrons. The van der Waals surface area contributed by atoms with Crippen LogP contribution in [-0.4, -0.2) is 11.1 Å². The van der Waals surface area contributed by atoms with Gasteiger partial charge >= 0.3 is 0 Å². The van der Waals surface area contributed by atoms with Crippen LogP contribution in [0.25, 0.3) is 11.1 Å². The Bertz CT molecular complexity index is 948. The molecule has 1 saturated carbocycles. The Morgan fingerprint density at radius 2 is 1.43 bits per heavy atom. The third kappa shape index (κ3) is 3.45. The van der Waals surface area contributed by atoms with Crippen molar-refractivity contribution in [1.82, 2.24) is 5.32 Å². The van der Waals surface area contributed by atoms with Crippen molar-refractivity contribution in [3.63, 3.8) is 0 Å². The molecule has 2 aliphatic rings. The number of benzene rings is 3. The highest BCUT2D eigenvalue weighted by Crippen LogP contribution is 2.41. The molecular weight excluding hydrogens is 342 g/mol. The first-order chi connectivity index (χ1) is 13.8. The standard InChI is InChI=1S/C26H27NO/c28-25-13-12-21-14-22-10-11-23(15-24(21)16-25)26(22)27-17-18-6-8-20(9-7-18)19-4-2-1-3-5-19/h1-9,12-13,16,22-23,26-28H,10-11,14-15,17H2. The van der Waals surface area contributed by atoms with Gasteiger partial charge < -0.3 is 10.4 Å². The van der Waals surface area contributed by atoms with E-state index in [4.69, 9.17) is 0 Å². The summed E-state index contributed by atoms with van der Waals surface area (Å²) in [5.41, 5.74) is 6.67. The van der Waals surface area contributed by atoms with Crippen molar-refractivity contribution in [2.75, 3.05) is 0 Å². The van der Waals surface area contributed by atoms with Gasteiger partial charge in [-0.3, -0.25) is 0 Å². The molecule has 3 aromatic rings. The molecule has 3 aromatic carbocycles. The van der Waals surface area contributed by atoms with Crippen LogP contribution >= 0.6 is 0 Å². The minimum absolute atomic E-state index is 0.402. The number of phenols is 1. The van der Waals surface area contributed by atoms with Crippen LogP contribution in [0.1, 0.15) is 29.5 Å². The maximum absolute atomic E-state index is 9.86. The number of hydrogen-bond donors (Lipinski definition) is 2. The monoisotopic (exact) mass is 369 g/mol. The van der Waals surface area contributed by atoms with Gasteiger partial charge in [-0.2, -0.15) is 0 Å². The highest BCUT2D eigenvalue weighted by atomic mass is 16.3. The van der Waals surface area contributed by atoms with Crippen molar-refractivity contribution in [3.8, 4) is 16.9 Å². The SMILES string of the molecule is Oc1ccc2c(c1)CC1CCC(C2)C1NCc1ccc(-c2ccccc2)cc1. The first-order valence-electron chi connectivity index (χ1n) is 10.4. The zero-order chi connectivity index (χ0) is 18.9. The van der Waals surface area contributed by atoms with Crippen LogP contribution in [0.15, 0.2) is 72.8 Å². The van der Waals surface area contributed by atoms with E-state index in [1.807, 2.05) is 12.1 Å². The molecule has 2 aliphatic carbocycles. The van der Waals surface area contributed by atoms with Gasteiger partial charge in [0.2, 0.25) is 0 Å². The van der Waals surface area contributed by atoms with Gasteiger partial charge in [0.15, 0.2) is 0 Å². The molecule has 0 heterocycles. The average molecular weight is 370 g/mol. The molecule has 2 bridgehead atoms. The van der Waals surface area contributed by atoms with E-state index in [1.54, 1.807) is 0 Å². The topological polar surface area (TPSA) is 32.3 Å². The van der Waals surface area contributed by atoms with E-state index in [0.29, 0.717) is 23.6 Å². The number of nitrogens with one attached hydrogen (secondary N) is 1. The minimum atomic E-state index is 0.402. The molecule has 28 heavy (non-hydrogen) atoms. The van der Waals surface area contributed by atoms with Gasteiger partial charge in [0.25, 0.3) is 0 Å². The molecule has 2 nitrogen and oxygen atoms in total. The van der Waals surface area contributed by atoms with E-state index >= 15 is 0 Å². The Morgan fingerprint density at radius 3 is 2.18 bits per heavy atom. The van der Waals surface area contributed by atoms with Gasteiger partial charge in [-0.25, -0.2) is 0 Å². The summed E-state index contributed by atoms with van der Waals surface area (Å²) >= 11 is 0. The minimum Gasteiger partial charge on any atom is -0.508 e. The van der Waals surface area contributed by atoms with Gasteiger partial charge in [0, 0.05) is 12.6 Å². The summed E-state index contributed by atoms with van der Waals surface area (Å²) in [6, 6.07) is 26.0. The maximum atomic E-state index is 9.86. The lowest BCUT2D eigenvalue weighted by Crippen LogP contribution is -2.37. The Kier molecular flexibility index (Phi) is 4.66. The first-order valence-corrected chi connectivity index (χ1v) is 10.4. The first kappa shape index (κ1) is 17.5. The molecule has 142 valence electrons. The second-order valence-corrected chi connectivity index (χ2v) is 8.43. The van der Waals surface area contributed by atoms with Crippen molar-refractivity contribution >= 4 is 0 Å². The Balaban J connectivity index is 1.27. The van der Waals surface area contributed by atoms with Crippen molar-refractivity contribution in [2.45, 2.75) is 38.3 Å². The van der Waals surface area contributed by atoms with Crippen LogP contribution in [-0.2, 0) is 19.4 Å². The lowest BCUT2D eigenvalue weighted by Gasteiger charge is -2.24. The quantitative estimate of drug-likeness (QED) is 0.650. The molecule has 0 spiro atoms. The third-order valence-corrected chi connectivity index (χ3v) is 6.68. The van der Waals surface area contributed by atoms with Crippen LogP contribution in [0.3, 0.4) is 0 Å². The summed E-state index contributed by atoms with van der Waals surface area (Å²) in [4.78, 5) is 0. The van der Waals surface area contributed by atoms with Gasteiger partial charge in [0.05, 0.1) is 0 Å². The van der Waals surface area contributed by atoms with Crippen LogP contribution in [0.2, 0.25) is 0 Å². The molecule has 5 rings (SSSR count). The van der Waals surface area contributed by atoms with Crippen molar-refractivity contribution in [1.29, 1.82) is 0 Å². The Labute approximate surface area is 167 Å². The average Bonchev–Trinajstić information content (AvgIpc) is 3.02. The largest absolute Gasteiger partial charge is 0.508 e. The van der Waals surface area contributed by atoms with E-state index in [1.165, 1.54) is 40.7 Å². The molecular formula is C26H27NO. The zero-order valence-electron chi connectivity index (χ0n) is 16.1. The van der Waals surface area contributed by atoms with Gasteiger partial charge in [-0.05, 0) is 77.5 Å². The highest BCUT2D eigenvalue weighted by molar-refractivity contribution is 5.63. The number of phenolic OH excluding ortho intramolecular Hbond substituents is 1. The van der Waals surface area contributed by atoms with Crippen LogP contribution in [0, 0.1) is 11.8 Å². The number of hydrogen-bond acceptors (Lipinski definition) is 2. The molecule has 2 heteroatoms. The van der Waals surface area contributed by atoms with E-state index in [0.717, 1.165) is 19.4 Å². The van der Waals surface area contributed by atoms with E-state index < -0.39 is 0 Å². The summed E-state index contributed by atoms with van der Waals surface area (Å²) in [5, 5.41) is 13.7. The molecule has 0 saturated heterocycles. The molecule has 2 N–H and O–H groups in total. The summed E-state index contributed by atoms with van der Waals surface area (Å²) in [5.74, 6) is 1.79. The van der Waals surface area contributed by atoms with Crippen molar-refractivity contribution < 1.29 is 5.11 Å². The fourth-order valence-electron chi connectivity index (χ4n) is 5.21.